The van der Waals surface area contributed by atoms with Gasteiger partial charge >= 0.3 is 0 Å². The van der Waals surface area contributed by atoms with Crippen molar-refractivity contribution >= 4 is 0 Å². The van der Waals surface area contributed by atoms with Crippen LogP contribution in [-0.4, -0.2) is 33.0 Å². The average Bonchev–Trinajstić information content (AvgIpc) is 2.96. The first-order valence-electron chi connectivity index (χ1n) is 7.30. The summed E-state index contributed by atoms with van der Waals surface area (Å²) < 4.78 is 16.6. The van der Waals surface area contributed by atoms with Crippen molar-refractivity contribution in [3.8, 4) is 11.5 Å². The Bertz CT molecular complexity index is 414. The standard InChI is InChI=1S/C16H25NO3/c1-12(2)17-9-14-8-15(18-3)4-5-16(14)20-11-13-6-7-19-10-13/h4-5,8,12-13,17H,6-7,9-11H2,1-3H3. The summed E-state index contributed by atoms with van der Waals surface area (Å²) in [4.78, 5) is 0. The van der Waals surface area contributed by atoms with Crippen molar-refractivity contribution < 1.29 is 14.2 Å². The summed E-state index contributed by atoms with van der Waals surface area (Å²) in [5, 5.41) is 3.42. The monoisotopic (exact) mass is 279 g/mol. The fourth-order valence-corrected chi connectivity index (χ4v) is 2.20. The van der Waals surface area contributed by atoms with Crippen LogP contribution in [0.5, 0.6) is 11.5 Å². The van der Waals surface area contributed by atoms with Gasteiger partial charge in [-0.15, -0.1) is 0 Å². The van der Waals surface area contributed by atoms with Gasteiger partial charge in [0.1, 0.15) is 11.5 Å². The van der Waals surface area contributed by atoms with Gasteiger partial charge in [-0.05, 0) is 24.6 Å². The van der Waals surface area contributed by atoms with Crippen LogP contribution in [0.15, 0.2) is 18.2 Å². The average molecular weight is 279 g/mol. The fraction of sp³-hybridized carbons (Fsp3) is 0.625. The van der Waals surface area contributed by atoms with Crippen LogP contribution in [0.4, 0.5) is 0 Å². The zero-order valence-corrected chi connectivity index (χ0v) is 12.6. The molecular formula is C16H25NO3. The van der Waals surface area contributed by atoms with Gasteiger partial charge in [-0.2, -0.15) is 0 Å². The molecule has 1 unspecified atom stereocenters. The zero-order chi connectivity index (χ0) is 14.4. The molecule has 4 heteroatoms. The molecular weight excluding hydrogens is 254 g/mol. The van der Waals surface area contributed by atoms with Gasteiger partial charge in [0.15, 0.2) is 0 Å². The fourth-order valence-electron chi connectivity index (χ4n) is 2.20. The minimum atomic E-state index is 0.442. The van der Waals surface area contributed by atoms with E-state index in [1.54, 1.807) is 7.11 Å². The molecule has 0 saturated carbocycles. The lowest BCUT2D eigenvalue weighted by atomic mass is 10.1. The summed E-state index contributed by atoms with van der Waals surface area (Å²) in [5.41, 5.74) is 1.14. The van der Waals surface area contributed by atoms with Crippen molar-refractivity contribution in [3.05, 3.63) is 23.8 Å². The maximum Gasteiger partial charge on any atom is 0.124 e. The Morgan fingerprint density at radius 2 is 2.25 bits per heavy atom. The molecule has 0 spiro atoms. The Morgan fingerprint density at radius 1 is 1.40 bits per heavy atom. The third-order valence-electron chi connectivity index (χ3n) is 3.47. The molecule has 1 heterocycles. The molecule has 0 bridgehead atoms. The van der Waals surface area contributed by atoms with Gasteiger partial charge in [-0.1, -0.05) is 13.8 Å². The van der Waals surface area contributed by atoms with E-state index in [1.807, 2.05) is 18.2 Å². The van der Waals surface area contributed by atoms with E-state index < -0.39 is 0 Å². The number of hydrogen-bond acceptors (Lipinski definition) is 4. The van der Waals surface area contributed by atoms with Gasteiger partial charge < -0.3 is 19.5 Å². The molecule has 1 N–H and O–H groups in total. The minimum Gasteiger partial charge on any atom is -0.497 e. The second-order valence-corrected chi connectivity index (χ2v) is 5.55. The maximum absolute atomic E-state index is 5.98. The Balaban J connectivity index is 2.00. The highest BCUT2D eigenvalue weighted by Gasteiger charge is 2.17. The zero-order valence-electron chi connectivity index (χ0n) is 12.6. The van der Waals surface area contributed by atoms with Crippen molar-refractivity contribution in [3.63, 3.8) is 0 Å². The molecule has 1 aromatic carbocycles. The number of nitrogens with one attached hydrogen (secondary N) is 1. The van der Waals surface area contributed by atoms with E-state index in [2.05, 4.69) is 19.2 Å². The Morgan fingerprint density at radius 3 is 2.90 bits per heavy atom. The smallest absolute Gasteiger partial charge is 0.124 e. The Kier molecular flexibility index (Phi) is 5.68. The molecule has 4 nitrogen and oxygen atoms in total. The molecule has 1 fully saturated rings. The van der Waals surface area contributed by atoms with Gasteiger partial charge in [0.05, 0.1) is 20.3 Å². The molecule has 1 atom stereocenters. The van der Waals surface area contributed by atoms with Crippen molar-refractivity contribution in [2.45, 2.75) is 32.9 Å². The van der Waals surface area contributed by atoms with Gasteiger partial charge in [-0.3, -0.25) is 0 Å². The van der Waals surface area contributed by atoms with Crippen molar-refractivity contribution in [1.29, 1.82) is 0 Å². The summed E-state index contributed by atoms with van der Waals surface area (Å²) >= 11 is 0. The Hall–Kier alpha value is -1.26. The normalized spacial score (nSPS) is 18.5. The van der Waals surface area contributed by atoms with Crippen molar-refractivity contribution in [1.82, 2.24) is 5.32 Å². The topological polar surface area (TPSA) is 39.7 Å². The van der Waals surface area contributed by atoms with Crippen LogP contribution < -0.4 is 14.8 Å². The van der Waals surface area contributed by atoms with E-state index in [9.17, 15) is 0 Å². The van der Waals surface area contributed by atoms with Crippen LogP contribution >= 0.6 is 0 Å². The lowest BCUT2D eigenvalue weighted by molar-refractivity contribution is 0.166. The molecule has 1 aliphatic heterocycles. The van der Waals surface area contributed by atoms with E-state index in [0.717, 1.165) is 49.8 Å². The molecule has 112 valence electrons. The number of hydrogen-bond donors (Lipinski definition) is 1. The van der Waals surface area contributed by atoms with Crippen LogP contribution in [0.25, 0.3) is 0 Å². The number of rotatable bonds is 7. The third kappa shape index (κ3) is 4.39. The first-order chi connectivity index (χ1) is 9.69. The van der Waals surface area contributed by atoms with Crippen LogP contribution in [0.2, 0.25) is 0 Å². The molecule has 20 heavy (non-hydrogen) atoms. The van der Waals surface area contributed by atoms with E-state index in [-0.39, 0.29) is 0 Å². The summed E-state index contributed by atoms with van der Waals surface area (Å²) in [7, 11) is 1.69. The van der Waals surface area contributed by atoms with E-state index in [4.69, 9.17) is 14.2 Å². The molecule has 2 rings (SSSR count). The molecule has 0 radical (unpaired) electrons. The summed E-state index contributed by atoms with van der Waals surface area (Å²) in [6.07, 6.45) is 1.09. The lowest BCUT2D eigenvalue weighted by Crippen LogP contribution is -2.22. The van der Waals surface area contributed by atoms with Gasteiger partial charge in [0.2, 0.25) is 0 Å². The highest BCUT2D eigenvalue weighted by Crippen LogP contribution is 2.25. The van der Waals surface area contributed by atoms with Crippen LogP contribution in [0.1, 0.15) is 25.8 Å². The van der Waals surface area contributed by atoms with Crippen molar-refractivity contribution in [2.24, 2.45) is 5.92 Å². The highest BCUT2D eigenvalue weighted by atomic mass is 16.5. The quantitative estimate of drug-likeness (QED) is 0.833. The lowest BCUT2D eigenvalue weighted by Gasteiger charge is -2.16. The Labute approximate surface area is 121 Å². The predicted molar refractivity (Wildman–Crippen MR) is 79.4 cm³/mol. The van der Waals surface area contributed by atoms with E-state index in [1.165, 1.54) is 0 Å². The highest BCUT2D eigenvalue weighted by molar-refractivity contribution is 5.40. The maximum atomic E-state index is 5.98. The molecule has 1 aromatic rings. The molecule has 0 amide bonds. The minimum absolute atomic E-state index is 0.442. The van der Waals surface area contributed by atoms with Crippen LogP contribution in [0.3, 0.4) is 0 Å². The first kappa shape index (κ1) is 15.1. The molecule has 0 aliphatic carbocycles. The molecule has 1 aliphatic rings. The summed E-state index contributed by atoms with van der Waals surface area (Å²) in [6.45, 7) is 7.45. The van der Waals surface area contributed by atoms with E-state index >= 15 is 0 Å². The van der Waals surface area contributed by atoms with Crippen LogP contribution in [0, 0.1) is 5.92 Å². The summed E-state index contributed by atoms with van der Waals surface area (Å²) in [5.74, 6) is 2.32. The predicted octanol–water partition coefficient (Wildman–Crippen LogP) is 2.61. The van der Waals surface area contributed by atoms with Gasteiger partial charge in [-0.25, -0.2) is 0 Å². The van der Waals surface area contributed by atoms with E-state index in [0.29, 0.717) is 12.0 Å². The molecule has 0 aromatic heterocycles. The van der Waals surface area contributed by atoms with Gasteiger partial charge in [0, 0.05) is 30.7 Å². The van der Waals surface area contributed by atoms with Gasteiger partial charge in [0.25, 0.3) is 0 Å². The molecule has 1 saturated heterocycles. The second-order valence-electron chi connectivity index (χ2n) is 5.55. The van der Waals surface area contributed by atoms with Crippen molar-refractivity contribution in [2.75, 3.05) is 26.9 Å². The first-order valence-corrected chi connectivity index (χ1v) is 7.30. The van der Waals surface area contributed by atoms with Crippen LogP contribution in [-0.2, 0) is 11.3 Å². The summed E-state index contributed by atoms with van der Waals surface area (Å²) in [6, 6.07) is 6.42. The number of benzene rings is 1. The number of methoxy groups -OCH3 is 1. The third-order valence-corrected chi connectivity index (χ3v) is 3.47. The second kappa shape index (κ2) is 7.50. The SMILES string of the molecule is COc1ccc(OCC2CCOC2)c(CNC(C)C)c1. The largest absolute Gasteiger partial charge is 0.497 e. The number of ether oxygens (including phenoxy) is 3.